The van der Waals surface area contributed by atoms with E-state index >= 15 is 0 Å². The van der Waals surface area contributed by atoms with Gasteiger partial charge in [0.1, 0.15) is 17.0 Å². The summed E-state index contributed by atoms with van der Waals surface area (Å²) in [6.45, 7) is 0. The van der Waals surface area contributed by atoms with Crippen molar-refractivity contribution in [1.82, 2.24) is 4.40 Å². The van der Waals surface area contributed by atoms with Gasteiger partial charge < -0.3 is 15.5 Å². The highest BCUT2D eigenvalue weighted by Gasteiger charge is 2.24. The van der Waals surface area contributed by atoms with Gasteiger partial charge in [-0.2, -0.15) is 0 Å². The number of furan rings is 1. The fourth-order valence-corrected chi connectivity index (χ4v) is 6.59. The van der Waals surface area contributed by atoms with Gasteiger partial charge in [0.15, 0.2) is 0 Å². The second-order valence-corrected chi connectivity index (χ2v) is 10.8. The van der Waals surface area contributed by atoms with Gasteiger partial charge in [-0.05, 0) is 64.7 Å². The van der Waals surface area contributed by atoms with E-state index in [4.69, 9.17) is 10.2 Å². The van der Waals surface area contributed by atoms with Crippen LogP contribution in [0.5, 0.6) is 0 Å². The minimum atomic E-state index is 0.179. The van der Waals surface area contributed by atoms with Crippen molar-refractivity contribution in [3.63, 3.8) is 0 Å². The molecule has 4 heteroatoms. The fraction of sp³-hybridized carbons (Fsp3) is 0.0556. The molecule has 0 aliphatic heterocycles. The van der Waals surface area contributed by atoms with Gasteiger partial charge >= 0.3 is 0 Å². The maximum absolute atomic E-state index is 6.99. The van der Waals surface area contributed by atoms with Crippen molar-refractivity contribution in [3.05, 3.63) is 115 Å². The molecule has 0 spiro atoms. The van der Waals surface area contributed by atoms with Crippen molar-refractivity contribution < 1.29 is 4.42 Å². The van der Waals surface area contributed by atoms with Crippen molar-refractivity contribution in [3.8, 4) is 11.1 Å². The Morgan fingerprint density at radius 2 is 1.55 bits per heavy atom. The SMILES string of the molecule is Nc1c(NC2C=CC=CC2)n2c3cc4c(cc3c3cc(-c5ccc6ccccc6c5)cc1c32)oc1ccccc14. The Bertz CT molecular complexity index is 2350. The van der Waals surface area contributed by atoms with Crippen molar-refractivity contribution >= 4 is 71.4 Å². The van der Waals surface area contributed by atoms with Crippen LogP contribution in [-0.2, 0) is 0 Å². The van der Waals surface area contributed by atoms with Gasteiger partial charge in [-0.15, -0.1) is 0 Å². The molecule has 5 aromatic carbocycles. The van der Waals surface area contributed by atoms with Crippen molar-refractivity contribution in [2.75, 3.05) is 11.1 Å². The molecule has 8 aromatic rings. The van der Waals surface area contributed by atoms with E-state index < -0.39 is 0 Å². The number of nitrogens with one attached hydrogen (secondary N) is 1. The summed E-state index contributed by atoms with van der Waals surface area (Å²) in [6.07, 6.45) is 9.51. The maximum Gasteiger partial charge on any atom is 0.136 e. The molecule has 190 valence electrons. The van der Waals surface area contributed by atoms with Gasteiger partial charge in [-0.25, -0.2) is 0 Å². The Balaban J connectivity index is 1.38. The molecule has 3 heterocycles. The molecule has 1 atom stereocenters. The van der Waals surface area contributed by atoms with E-state index in [0.29, 0.717) is 0 Å². The topological polar surface area (TPSA) is 55.6 Å². The van der Waals surface area contributed by atoms with Crippen LogP contribution < -0.4 is 11.1 Å². The first-order valence-corrected chi connectivity index (χ1v) is 13.8. The zero-order valence-corrected chi connectivity index (χ0v) is 21.7. The Morgan fingerprint density at radius 3 is 2.45 bits per heavy atom. The molecule has 0 fully saturated rings. The highest BCUT2D eigenvalue weighted by molar-refractivity contribution is 6.24. The lowest BCUT2D eigenvalue weighted by Gasteiger charge is -2.17. The highest BCUT2D eigenvalue weighted by atomic mass is 16.3. The van der Waals surface area contributed by atoms with E-state index in [0.717, 1.165) is 67.2 Å². The molecule has 0 amide bonds. The van der Waals surface area contributed by atoms with Crippen LogP contribution in [0.1, 0.15) is 6.42 Å². The molecular formula is C36H25N3O. The monoisotopic (exact) mass is 515 g/mol. The summed E-state index contributed by atoms with van der Waals surface area (Å²) >= 11 is 0. The number of nitrogens with zero attached hydrogens (tertiary/aromatic N) is 1. The zero-order valence-electron chi connectivity index (χ0n) is 21.7. The molecule has 4 nitrogen and oxygen atoms in total. The summed E-state index contributed by atoms with van der Waals surface area (Å²) in [7, 11) is 0. The normalized spacial score (nSPS) is 15.6. The molecular weight excluding hydrogens is 490 g/mol. The first-order valence-electron chi connectivity index (χ1n) is 13.8. The lowest BCUT2D eigenvalue weighted by molar-refractivity contribution is 0.669. The summed E-state index contributed by atoms with van der Waals surface area (Å²) in [5.74, 6) is 0.947. The quantitative estimate of drug-likeness (QED) is 0.246. The van der Waals surface area contributed by atoms with Crippen molar-refractivity contribution in [1.29, 1.82) is 0 Å². The van der Waals surface area contributed by atoms with E-state index in [-0.39, 0.29) is 6.04 Å². The van der Waals surface area contributed by atoms with Gasteiger partial charge in [-0.1, -0.05) is 78.9 Å². The molecule has 0 radical (unpaired) electrons. The number of nitrogen functional groups attached to an aromatic ring is 1. The average Bonchev–Trinajstić information content (AvgIpc) is 3.62. The van der Waals surface area contributed by atoms with Crippen molar-refractivity contribution in [2.45, 2.75) is 12.5 Å². The molecule has 0 saturated carbocycles. The lowest BCUT2D eigenvalue weighted by Crippen LogP contribution is -2.18. The fourth-order valence-electron chi connectivity index (χ4n) is 6.59. The van der Waals surface area contributed by atoms with Crippen LogP contribution in [0.25, 0.3) is 71.0 Å². The molecule has 1 aliphatic rings. The number of anilines is 2. The van der Waals surface area contributed by atoms with Crippen LogP contribution in [0.3, 0.4) is 0 Å². The third-order valence-corrected chi connectivity index (χ3v) is 8.51. The number of rotatable bonds is 3. The third-order valence-electron chi connectivity index (χ3n) is 8.51. The molecule has 1 unspecified atom stereocenters. The Morgan fingerprint density at radius 1 is 0.700 bits per heavy atom. The van der Waals surface area contributed by atoms with E-state index in [2.05, 4.69) is 113 Å². The predicted molar refractivity (Wildman–Crippen MR) is 169 cm³/mol. The summed E-state index contributed by atoms with van der Waals surface area (Å²) in [4.78, 5) is 0. The van der Waals surface area contributed by atoms with Gasteiger partial charge in [0.2, 0.25) is 0 Å². The largest absolute Gasteiger partial charge is 0.456 e. The van der Waals surface area contributed by atoms with Crippen LogP contribution in [0, 0.1) is 0 Å². The van der Waals surface area contributed by atoms with E-state index in [1.165, 1.54) is 21.7 Å². The number of hydrogen-bond donors (Lipinski definition) is 2. The van der Waals surface area contributed by atoms with Crippen LogP contribution in [0.15, 0.2) is 120 Å². The number of benzene rings is 5. The highest BCUT2D eigenvalue weighted by Crippen LogP contribution is 2.46. The number of nitrogens with two attached hydrogens (primary N) is 1. The number of para-hydroxylation sites is 1. The first kappa shape index (κ1) is 21.7. The second-order valence-electron chi connectivity index (χ2n) is 10.8. The average molecular weight is 516 g/mol. The van der Waals surface area contributed by atoms with Crippen molar-refractivity contribution in [2.24, 2.45) is 0 Å². The third kappa shape index (κ3) is 2.96. The first-order chi connectivity index (χ1) is 19.7. The standard InChI is InChI=1S/C36H25N3O/c37-34-30-18-24(23-15-14-21-8-4-5-9-22(21)16-23)17-29-27-20-33-28(26-12-6-7-13-32(26)40-33)19-31(27)39(35(29)30)36(34)38-25-10-2-1-3-11-25/h1-10,12-20,25,38H,11,37H2. The van der Waals surface area contributed by atoms with E-state index in [9.17, 15) is 0 Å². The molecule has 3 N–H and O–H groups in total. The summed E-state index contributed by atoms with van der Waals surface area (Å²) in [5.41, 5.74) is 14.2. The molecule has 9 rings (SSSR count). The van der Waals surface area contributed by atoms with Gasteiger partial charge in [0.25, 0.3) is 0 Å². The summed E-state index contributed by atoms with van der Waals surface area (Å²) in [6, 6.07) is 32.7. The van der Waals surface area contributed by atoms with Crippen LogP contribution in [-0.4, -0.2) is 10.4 Å². The number of fused-ring (bicyclic) bond motifs is 7. The summed E-state index contributed by atoms with van der Waals surface area (Å²) in [5, 5.41) is 11.9. The Hall–Kier alpha value is -5.22. The number of allylic oxidation sites excluding steroid dienone is 2. The molecule has 0 saturated heterocycles. The molecule has 0 bridgehead atoms. The minimum Gasteiger partial charge on any atom is -0.456 e. The van der Waals surface area contributed by atoms with E-state index in [1.807, 2.05) is 12.1 Å². The molecule has 1 aliphatic carbocycles. The van der Waals surface area contributed by atoms with Gasteiger partial charge in [0, 0.05) is 33.0 Å². The molecule has 3 aromatic heterocycles. The number of hydrogen-bond acceptors (Lipinski definition) is 3. The Kier molecular flexibility index (Phi) is 4.28. The van der Waals surface area contributed by atoms with E-state index in [1.54, 1.807) is 0 Å². The minimum absolute atomic E-state index is 0.179. The van der Waals surface area contributed by atoms with Gasteiger partial charge in [0.05, 0.1) is 16.7 Å². The lowest BCUT2D eigenvalue weighted by atomic mass is 9.97. The Labute approximate surface area is 229 Å². The summed E-state index contributed by atoms with van der Waals surface area (Å²) < 4.78 is 8.65. The van der Waals surface area contributed by atoms with Crippen LogP contribution in [0.4, 0.5) is 11.5 Å². The molecule has 40 heavy (non-hydrogen) atoms. The zero-order chi connectivity index (χ0) is 26.4. The van der Waals surface area contributed by atoms with Crippen LogP contribution >= 0.6 is 0 Å². The predicted octanol–water partition coefficient (Wildman–Crippen LogP) is 9.28. The number of aromatic nitrogens is 1. The maximum atomic E-state index is 6.99. The van der Waals surface area contributed by atoms with Crippen LogP contribution in [0.2, 0.25) is 0 Å². The van der Waals surface area contributed by atoms with Gasteiger partial charge in [-0.3, -0.25) is 4.40 Å². The smallest absolute Gasteiger partial charge is 0.136 e. The second kappa shape index (κ2) is 7.90.